The van der Waals surface area contributed by atoms with Crippen LogP contribution in [-0.2, 0) is 6.54 Å². The number of aliphatic hydroxyl groups is 1. The van der Waals surface area contributed by atoms with Gasteiger partial charge in [0.1, 0.15) is 5.82 Å². The molecule has 0 aliphatic carbocycles. The van der Waals surface area contributed by atoms with E-state index in [1.54, 1.807) is 0 Å². The van der Waals surface area contributed by atoms with E-state index in [1.165, 1.54) is 12.1 Å². The molecule has 0 saturated carbocycles. The Bertz CT molecular complexity index is 883. The van der Waals surface area contributed by atoms with E-state index in [2.05, 4.69) is 10.3 Å². The van der Waals surface area contributed by atoms with Crippen LogP contribution < -0.4 is 5.32 Å². The van der Waals surface area contributed by atoms with Crippen molar-refractivity contribution >= 4 is 6.09 Å². The quantitative estimate of drug-likeness (QED) is 0.681. The van der Waals surface area contributed by atoms with E-state index in [-0.39, 0.29) is 30.8 Å². The minimum Gasteiger partial charge on any atom is -0.465 e. The number of rotatable bonds is 3. The molecule has 1 aliphatic heterocycles. The Labute approximate surface area is 155 Å². The third-order valence-corrected chi connectivity index (χ3v) is 4.74. The topological polar surface area (TPSA) is 87.4 Å². The molecule has 3 atom stereocenters. The van der Waals surface area contributed by atoms with Crippen molar-refractivity contribution in [2.75, 3.05) is 0 Å². The first-order valence-electron chi connectivity index (χ1n) is 8.33. The van der Waals surface area contributed by atoms with Gasteiger partial charge in [0.15, 0.2) is 17.7 Å². The number of hydrogen-bond donors (Lipinski definition) is 3. The van der Waals surface area contributed by atoms with Crippen molar-refractivity contribution in [2.45, 2.75) is 43.6 Å². The van der Waals surface area contributed by atoms with Gasteiger partial charge in [0.25, 0.3) is 0 Å². The molecular weight excluding hydrogens is 389 g/mol. The lowest BCUT2D eigenvalue weighted by Gasteiger charge is -2.21. The Kier molecular flexibility index (Phi) is 5.28. The van der Waals surface area contributed by atoms with Crippen LogP contribution in [0, 0.1) is 11.6 Å². The van der Waals surface area contributed by atoms with Crippen LogP contribution in [0.1, 0.15) is 48.0 Å². The summed E-state index contributed by atoms with van der Waals surface area (Å²) in [6.45, 7) is -0.226. The zero-order valence-electron chi connectivity index (χ0n) is 14.2. The van der Waals surface area contributed by atoms with Crippen LogP contribution in [0.4, 0.5) is 26.7 Å². The van der Waals surface area contributed by atoms with Crippen LogP contribution in [0.2, 0.25) is 0 Å². The van der Waals surface area contributed by atoms with E-state index in [4.69, 9.17) is 5.11 Å². The number of aromatic nitrogens is 2. The molecule has 2 heterocycles. The number of aliphatic hydroxyl groups excluding tert-OH is 1. The number of halogens is 5. The zero-order valence-corrected chi connectivity index (χ0v) is 14.2. The number of alkyl halides is 3. The standard InChI is InChI=1S/C17H16F5N3O3/c18-10-3-1-2-9(13(10)19)8-4-5-11(24-16(27)28)15-23-6-12(25(15)7-8)14(26)17(20,21)22/h1-3,6,8,11,14,24,26H,4-5,7H2,(H,27,28)/t8-,11-,14?/m1/s1. The number of carboxylic acid groups (broad SMARTS) is 1. The summed E-state index contributed by atoms with van der Waals surface area (Å²) in [5.41, 5.74) is -0.633. The molecule has 1 unspecified atom stereocenters. The Morgan fingerprint density at radius 3 is 2.64 bits per heavy atom. The summed E-state index contributed by atoms with van der Waals surface area (Å²) in [5, 5.41) is 20.8. The largest absolute Gasteiger partial charge is 0.465 e. The van der Waals surface area contributed by atoms with Gasteiger partial charge in [-0.25, -0.2) is 18.6 Å². The van der Waals surface area contributed by atoms with Gasteiger partial charge in [-0.15, -0.1) is 0 Å². The molecule has 1 aromatic heterocycles. The summed E-state index contributed by atoms with van der Waals surface area (Å²) < 4.78 is 67.9. The molecule has 1 amide bonds. The van der Waals surface area contributed by atoms with Gasteiger partial charge in [0.2, 0.25) is 0 Å². The highest BCUT2D eigenvalue weighted by Gasteiger charge is 2.43. The summed E-state index contributed by atoms with van der Waals surface area (Å²) in [7, 11) is 0. The molecule has 1 aliphatic rings. The van der Waals surface area contributed by atoms with Crippen LogP contribution in [0.5, 0.6) is 0 Å². The van der Waals surface area contributed by atoms with Gasteiger partial charge < -0.3 is 20.1 Å². The summed E-state index contributed by atoms with van der Waals surface area (Å²) in [6, 6.07) is 2.57. The fourth-order valence-corrected chi connectivity index (χ4v) is 3.45. The molecule has 11 heteroatoms. The lowest BCUT2D eigenvalue weighted by Crippen LogP contribution is -2.29. The third-order valence-electron chi connectivity index (χ3n) is 4.74. The van der Waals surface area contributed by atoms with E-state index in [1.807, 2.05) is 0 Å². The number of carbonyl (C=O) groups is 1. The van der Waals surface area contributed by atoms with Gasteiger partial charge in [-0.05, 0) is 24.5 Å². The SMILES string of the molecule is O=C(O)N[C@@H]1CC[C@@H](c2cccc(F)c2F)Cn2c(C(O)C(F)(F)F)cnc21. The van der Waals surface area contributed by atoms with Gasteiger partial charge in [-0.1, -0.05) is 12.1 Å². The minimum absolute atomic E-state index is 0.0278. The maximum Gasteiger partial charge on any atom is 0.420 e. The molecule has 28 heavy (non-hydrogen) atoms. The predicted molar refractivity (Wildman–Crippen MR) is 85.5 cm³/mol. The van der Waals surface area contributed by atoms with Crippen LogP contribution in [0.25, 0.3) is 0 Å². The molecule has 6 nitrogen and oxygen atoms in total. The predicted octanol–water partition coefficient (Wildman–Crippen LogP) is 3.64. The van der Waals surface area contributed by atoms with E-state index in [0.29, 0.717) is 0 Å². The van der Waals surface area contributed by atoms with E-state index in [9.17, 15) is 31.9 Å². The molecule has 1 aromatic carbocycles. The van der Waals surface area contributed by atoms with Gasteiger partial charge in [-0.3, -0.25) is 0 Å². The van der Waals surface area contributed by atoms with Crippen molar-refractivity contribution in [3.05, 3.63) is 53.1 Å². The summed E-state index contributed by atoms with van der Waals surface area (Å²) >= 11 is 0. The van der Waals surface area contributed by atoms with Crippen LogP contribution in [0.3, 0.4) is 0 Å². The summed E-state index contributed by atoms with van der Waals surface area (Å²) in [6.07, 6.45) is -8.16. The van der Waals surface area contributed by atoms with Crippen molar-refractivity contribution in [3.8, 4) is 0 Å². The third kappa shape index (κ3) is 3.79. The van der Waals surface area contributed by atoms with E-state index >= 15 is 0 Å². The smallest absolute Gasteiger partial charge is 0.420 e. The maximum atomic E-state index is 14.2. The zero-order chi connectivity index (χ0) is 20.6. The molecule has 152 valence electrons. The normalized spacial score (nSPS) is 20.9. The van der Waals surface area contributed by atoms with Crippen molar-refractivity contribution in [1.29, 1.82) is 0 Å². The fraction of sp³-hybridized carbons (Fsp3) is 0.412. The number of nitrogens with zero attached hydrogens (tertiary/aromatic N) is 2. The molecule has 0 saturated heterocycles. The van der Waals surface area contributed by atoms with Crippen LogP contribution >= 0.6 is 0 Å². The first kappa shape index (κ1) is 20.1. The lowest BCUT2D eigenvalue weighted by atomic mass is 9.92. The number of amides is 1. The van der Waals surface area contributed by atoms with Crippen molar-refractivity contribution in [1.82, 2.24) is 14.9 Å². The Morgan fingerprint density at radius 2 is 2.00 bits per heavy atom. The molecule has 3 rings (SSSR count). The monoisotopic (exact) mass is 405 g/mol. The number of nitrogens with one attached hydrogen (secondary N) is 1. The average Bonchev–Trinajstić information content (AvgIpc) is 2.93. The van der Waals surface area contributed by atoms with Gasteiger partial charge >= 0.3 is 12.3 Å². The Hall–Kier alpha value is -2.69. The number of fused-ring (bicyclic) bond motifs is 1. The molecular formula is C17H16F5N3O3. The Balaban J connectivity index is 2.06. The minimum atomic E-state index is -4.97. The van der Waals surface area contributed by atoms with E-state index in [0.717, 1.165) is 16.8 Å². The fourth-order valence-electron chi connectivity index (χ4n) is 3.45. The molecule has 2 aromatic rings. The van der Waals surface area contributed by atoms with Gasteiger partial charge in [0, 0.05) is 12.5 Å². The lowest BCUT2D eigenvalue weighted by molar-refractivity contribution is -0.208. The molecule has 3 N–H and O–H groups in total. The average molecular weight is 405 g/mol. The highest BCUT2D eigenvalue weighted by Crippen LogP contribution is 2.39. The van der Waals surface area contributed by atoms with Gasteiger partial charge in [-0.2, -0.15) is 13.2 Å². The molecule has 0 bridgehead atoms. The van der Waals surface area contributed by atoms with Crippen molar-refractivity contribution in [2.24, 2.45) is 0 Å². The molecule has 0 radical (unpaired) electrons. The second kappa shape index (κ2) is 7.38. The molecule has 0 spiro atoms. The van der Waals surface area contributed by atoms with Crippen molar-refractivity contribution < 1.29 is 37.0 Å². The van der Waals surface area contributed by atoms with Gasteiger partial charge in [0.05, 0.1) is 17.9 Å². The number of benzene rings is 1. The molecule has 0 fully saturated rings. The highest BCUT2D eigenvalue weighted by atomic mass is 19.4. The second-order valence-corrected chi connectivity index (χ2v) is 6.52. The first-order chi connectivity index (χ1) is 13.1. The van der Waals surface area contributed by atoms with E-state index < -0.39 is 47.7 Å². The maximum absolute atomic E-state index is 14.2. The number of imidazole rings is 1. The van der Waals surface area contributed by atoms with Crippen molar-refractivity contribution in [3.63, 3.8) is 0 Å². The highest BCUT2D eigenvalue weighted by molar-refractivity contribution is 5.65. The van der Waals surface area contributed by atoms with Crippen LogP contribution in [0.15, 0.2) is 24.4 Å². The number of hydrogen-bond acceptors (Lipinski definition) is 3. The van der Waals surface area contributed by atoms with Crippen LogP contribution in [-0.4, -0.2) is 32.0 Å². The second-order valence-electron chi connectivity index (χ2n) is 6.52. The summed E-state index contributed by atoms with van der Waals surface area (Å²) in [5.74, 6) is -2.98. The summed E-state index contributed by atoms with van der Waals surface area (Å²) in [4.78, 5) is 14.9. The first-order valence-corrected chi connectivity index (χ1v) is 8.33. The Morgan fingerprint density at radius 1 is 1.29 bits per heavy atom.